The number of ether oxygens (including phenoxy) is 4. The number of carbonyl (C=O) groups is 4. The van der Waals surface area contributed by atoms with Gasteiger partial charge in [0, 0.05) is 12.8 Å². The van der Waals surface area contributed by atoms with Crippen LogP contribution in [-0.4, -0.2) is 37.7 Å². The van der Waals surface area contributed by atoms with E-state index in [-0.39, 0.29) is 29.9 Å². The van der Waals surface area contributed by atoms with Crippen molar-refractivity contribution >= 4 is 35.7 Å². The summed E-state index contributed by atoms with van der Waals surface area (Å²) < 4.78 is 22.0. The van der Waals surface area contributed by atoms with Crippen molar-refractivity contribution in [2.45, 2.75) is 162 Å². The molecule has 2 rings (SSSR count). The largest absolute Gasteiger partial charge is 0.493 e. The summed E-state index contributed by atoms with van der Waals surface area (Å²) in [7, 11) is 2.98. The number of esters is 2. The number of methoxy groups -OCH3 is 2. The molecule has 2 aromatic carbocycles. The molecule has 344 valence electrons. The molecule has 0 aliphatic rings. The Bertz CT molecular complexity index is 1660. The molecule has 0 amide bonds. The third kappa shape index (κ3) is 27.4. The lowest BCUT2D eigenvalue weighted by atomic mass is 10.1. The number of rotatable bonds is 36. The number of benzene rings is 2. The third-order valence-corrected chi connectivity index (χ3v) is 10.3. The Morgan fingerprint density at radius 3 is 1.17 bits per heavy atom. The maximum atomic E-state index is 12.6. The fourth-order valence-electron chi connectivity index (χ4n) is 6.57. The highest BCUT2D eigenvalue weighted by molar-refractivity contribution is 6.10. The molecule has 0 bridgehead atoms. The zero-order valence-corrected chi connectivity index (χ0v) is 38.9. The minimum Gasteiger partial charge on any atom is -0.493 e. The van der Waals surface area contributed by atoms with Crippen LogP contribution in [0.2, 0.25) is 0 Å². The first-order chi connectivity index (χ1) is 30.8. The van der Waals surface area contributed by atoms with Crippen LogP contribution < -0.4 is 18.9 Å². The molecule has 2 aromatic rings. The van der Waals surface area contributed by atoms with E-state index in [0.29, 0.717) is 47.0 Å². The second kappa shape index (κ2) is 36.3. The minimum absolute atomic E-state index is 0.312. The van der Waals surface area contributed by atoms with Crippen LogP contribution in [0.4, 0.5) is 0 Å². The maximum Gasteiger partial charge on any atom is 0.311 e. The van der Waals surface area contributed by atoms with Gasteiger partial charge in [0.05, 0.1) is 20.6 Å². The van der Waals surface area contributed by atoms with Crippen LogP contribution in [0.25, 0.3) is 12.2 Å². The first-order valence-electron chi connectivity index (χ1n) is 23.6. The van der Waals surface area contributed by atoms with Gasteiger partial charge in [0.2, 0.25) is 0 Å². The monoisotopic (exact) mass is 865 g/mol. The lowest BCUT2D eigenvalue weighted by molar-refractivity contribution is -0.135. The molecule has 63 heavy (non-hydrogen) atoms. The highest BCUT2D eigenvalue weighted by Crippen LogP contribution is 2.30. The van der Waals surface area contributed by atoms with E-state index in [1.807, 2.05) is 0 Å². The van der Waals surface area contributed by atoms with Crippen molar-refractivity contribution in [3.05, 3.63) is 108 Å². The van der Waals surface area contributed by atoms with Gasteiger partial charge in [0.1, 0.15) is 0 Å². The number of ketones is 2. The standard InChI is InChI=1S/C55H76O8/c1-5-7-9-11-13-15-17-19-21-23-25-27-29-31-33-54(58)62-50-41-37-46(43-52(50)60-3)35-39-48(56)45-49(57)40-36-47-38-42-51(53(44-47)61-4)63-55(59)34-32-30-28-26-24-22-20-18-16-14-12-10-8-6-2/h13-16,19-22,35-44H,5-12,17-18,23-34,45H2,1-4H3/b15-13-,16-14-,21-19-,22-20-,39-35+,40-36+. The van der Waals surface area contributed by atoms with Crippen molar-refractivity contribution < 1.29 is 38.1 Å². The fourth-order valence-corrected chi connectivity index (χ4v) is 6.57. The van der Waals surface area contributed by atoms with Crippen molar-refractivity contribution in [3.8, 4) is 23.0 Å². The highest BCUT2D eigenvalue weighted by atomic mass is 16.6. The quantitative estimate of drug-likeness (QED) is 0.0167. The third-order valence-electron chi connectivity index (χ3n) is 10.3. The molecule has 0 spiro atoms. The highest BCUT2D eigenvalue weighted by Gasteiger charge is 2.13. The van der Waals surface area contributed by atoms with Crippen molar-refractivity contribution in [3.63, 3.8) is 0 Å². The van der Waals surface area contributed by atoms with E-state index in [1.165, 1.54) is 77.7 Å². The predicted octanol–water partition coefficient (Wildman–Crippen LogP) is 14.6. The lowest BCUT2D eigenvalue weighted by Gasteiger charge is -2.10. The normalized spacial score (nSPS) is 11.9. The van der Waals surface area contributed by atoms with Gasteiger partial charge in [-0.15, -0.1) is 0 Å². The average molecular weight is 865 g/mol. The first-order valence-corrected chi connectivity index (χ1v) is 23.6. The molecular formula is C55H76O8. The summed E-state index contributed by atoms with van der Waals surface area (Å²) >= 11 is 0. The van der Waals surface area contributed by atoms with Gasteiger partial charge in [-0.25, -0.2) is 0 Å². The Labute approximate surface area is 379 Å². The van der Waals surface area contributed by atoms with Gasteiger partial charge in [0.15, 0.2) is 34.6 Å². The van der Waals surface area contributed by atoms with E-state index < -0.39 is 0 Å². The van der Waals surface area contributed by atoms with Crippen LogP contribution in [-0.2, 0) is 19.2 Å². The number of allylic oxidation sites excluding steroid dienone is 10. The summed E-state index contributed by atoms with van der Waals surface area (Å²) in [4.78, 5) is 50.3. The molecule has 0 N–H and O–H groups in total. The van der Waals surface area contributed by atoms with Crippen molar-refractivity contribution in [2.24, 2.45) is 0 Å². The first kappa shape index (κ1) is 53.9. The molecule has 0 aliphatic carbocycles. The smallest absolute Gasteiger partial charge is 0.311 e. The Hall–Kier alpha value is -5.24. The zero-order chi connectivity index (χ0) is 45.6. The van der Waals surface area contributed by atoms with Gasteiger partial charge >= 0.3 is 11.9 Å². The van der Waals surface area contributed by atoms with Gasteiger partial charge in [0.25, 0.3) is 0 Å². The van der Waals surface area contributed by atoms with Crippen LogP contribution in [0, 0.1) is 0 Å². The number of unbranched alkanes of at least 4 members (excludes halogenated alkanes) is 14. The Balaban J connectivity index is 1.69. The van der Waals surface area contributed by atoms with Crippen molar-refractivity contribution in [1.29, 1.82) is 0 Å². The van der Waals surface area contributed by atoms with Crippen LogP contribution >= 0.6 is 0 Å². The molecule has 8 heteroatoms. The second-order valence-electron chi connectivity index (χ2n) is 15.8. The average Bonchev–Trinajstić information content (AvgIpc) is 3.28. The lowest BCUT2D eigenvalue weighted by Crippen LogP contribution is -2.08. The van der Waals surface area contributed by atoms with E-state index in [9.17, 15) is 19.2 Å². The second-order valence-corrected chi connectivity index (χ2v) is 15.8. The Kier molecular flexibility index (Phi) is 31.0. The van der Waals surface area contributed by atoms with E-state index >= 15 is 0 Å². The van der Waals surface area contributed by atoms with Crippen LogP contribution in [0.1, 0.15) is 173 Å². The molecule has 8 nitrogen and oxygen atoms in total. The molecular weight excluding hydrogens is 789 g/mol. The minimum atomic E-state index is -0.367. The topological polar surface area (TPSA) is 105 Å². The Morgan fingerprint density at radius 2 is 0.810 bits per heavy atom. The predicted molar refractivity (Wildman–Crippen MR) is 259 cm³/mol. The SMILES string of the molecule is CCCCC/C=C\C/C=C\CCCCCCC(=O)Oc1ccc(/C=C/C(=O)CC(=O)/C=C/c2ccc(OC(=O)CCCCCC/C=C\C/C=C\CCCCC)c(OC)c2)cc1OC. The summed E-state index contributed by atoms with van der Waals surface area (Å²) in [5.41, 5.74) is 1.31. The van der Waals surface area contributed by atoms with E-state index in [1.54, 1.807) is 48.6 Å². The maximum absolute atomic E-state index is 12.6. The molecule has 0 saturated carbocycles. The number of hydrogen-bond donors (Lipinski definition) is 0. The van der Waals surface area contributed by atoms with E-state index in [2.05, 4.69) is 62.5 Å². The summed E-state index contributed by atoms with van der Waals surface area (Å²) in [6, 6.07) is 10.1. The van der Waals surface area contributed by atoms with Crippen molar-refractivity contribution in [1.82, 2.24) is 0 Å². The molecule has 0 fully saturated rings. The Morgan fingerprint density at radius 1 is 0.444 bits per heavy atom. The fraction of sp³-hybridized carbons (Fsp3) is 0.491. The van der Waals surface area contributed by atoms with Crippen LogP contribution in [0.15, 0.2) is 97.2 Å². The molecule has 0 radical (unpaired) electrons. The number of hydrogen-bond acceptors (Lipinski definition) is 8. The number of carbonyl (C=O) groups excluding carboxylic acids is 4. The van der Waals surface area contributed by atoms with Crippen molar-refractivity contribution in [2.75, 3.05) is 14.2 Å². The van der Waals surface area contributed by atoms with Gasteiger partial charge in [-0.3, -0.25) is 19.2 Å². The zero-order valence-electron chi connectivity index (χ0n) is 38.9. The van der Waals surface area contributed by atoms with Gasteiger partial charge < -0.3 is 18.9 Å². The molecule has 0 aliphatic heterocycles. The summed E-state index contributed by atoms with van der Waals surface area (Å²) in [6.45, 7) is 4.45. The van der Waals surface area contributed by atoms with Gasteiger partial charge in [-0.05, 0) is 125 Å². The molecule has 0 atom stereocenters. The molecule has 0 unspecified atom stereocenters. The van der Waals surface area contributed by atoms with E-state index in [4.69, 9.17) is 18.9 Å². The molecule has 0 saturated heterocycles. The molecule has 0 heterocycles. The summed E-state index contributed by atoms with van der Waals surface area (Å²) in [6.07, 6.45) is 46.0. The summed E-state index contributed by atoms with van der Waals surface area (Å²) in [5, 5.41) is 0. The van der Waals surface area contributed by atoms with Gasteiger partial charge in [-0.2, -0.15) is 0 Å². The summed E-state index contributed by atoms with van der Waals surface area (Å²) in [5.74, 6) is 0.0113. The molecule has 0 aromatic heterocycles. The van der Waals surface area contributed by atoms with Gasteiger partial charge in [-0.1, -0.05) is 138 Å². The van der Waals surface area contributed by atoms with Crippen LogP contribution in [0.5, 0.6) is 23.0 Å². The van der Waals surface area contributed by atoms with Crippen LogP contribution in [0.3, 0.4) is 0 Å². The van der Waals surface area contributed by atoms with E-state index in [0.717, 1.165) is 77.0 Å².